The van der Waals surface area contributed by atoms with Crippen molar-refractivity contribution in [3.05, 3.63) is 76.9 Å². The lowest BCUT2D eigenvalue weighted by molar-refractivity contribution is 0.232. The Morgan fingerprint density at radius 3 is 2.70 bits per heavy atom. The summed E-state index contributed by atoms with van der Waals surface area (Å²) < 4.78 is 6.15. The van der Waals surface area contributed by atoms with E-state index in [1.807, 2.05) is 13.0 Å². The summed E-state index contributed by atoms with van der Waals surface area (Å²) in [6.07, 6.45) is 2.27. The van der Waals surface area contributed by atoms with Crippen molar-refractivity contribution in [2.24, 2.45) is 0 Å². The summed E-state index contributed by atoms with van der Waals surface area (Å²) in [5, 5.41) is 7.36. The first-order valence-electron chi connectivity index (χ1n) is 9.58. The van der Waals surface area contributed by atoms with E-state index < -0.39 is 0 Å². The molecule has 1 saturated heterocycles. The van der Waals surface area contributed by atoms with Gasteiger partial charge in [-0.2, -0.15) is 5.10 Å². The van der Waals surface area contributed by atoms with Gasteiger partial charge in [0.2, 0.25) is 0 Å². The van der Waals surface area contributed by atoms with E-state index in [4.69, 9.17) is 4.74 Å². The summed E-state index contributed by atoms with van der Waals surface area (Å²) in [5.41, 5.74) is 3.66. The summed E-state index contributed by atoms with van der Waals surface area (Å²) in [6.45, 7) is 6.54. The average Bonchev–Trinajstić information content (AvgIpc) is 3.31. The summed E-state index contributed by atoms with van der Waals surface area (Å²) >= 11 is 0. The number of H-pyrrole nitrogens is 1. The van der Waals surface area contributed by atoms with Crippen LogP contribution in [-0.4, -0.2) is 26.6 Å². The second-order valence-corrected chi connectivity index (χ2v) is 7.29. The molecular formula is C22H26N4O. The molecule has 4 rings (SSSR count). The van der Waals surface area contributed by atoms with Crippen molar-refractivity contribution in [2.45, 2.75) is 45.9 Å². The summed E-state index contributed by atoms with van der Waals surface area (Å²) in [5.74, 6) is 2.73. The van der Waals surface area contributed by atoms with E-state index in [9.17, 15) is 0 Å². The molecule has 0 saturated carbocycles. The first kappa shape index (κ1) is 17.7. The summed E-state index contributed by atoms with van der Waals surface area (Å²) in [6, 6.07) is 17.1. The molecule has 0 spiro atoms. The molecule has 27 heavy (non-hydrogen) atoms. The number of nitrogens with zero attached hydrogens (tertiary/aromatic N) is 3. The topological polar surface area (TPSA) is 54.0 Å². The van der Waals surface area contributed by atoms with Gasteiger partial charge in [0, 0.05) is 12.1 Å². The number of hydrogen-bond acceptors (Lipinski definition) is 4. The molecule has 2 heterocycles. The molecule has 0 bridgehead atoms. The Hall–Kier alpha value is -2.66. The number of ether oxygens (including phenoxy) is 1. The van der Waals surface area contributed by atoms with E-state index in [1.54, 1.807) is 0 Å². The Kier molecular flexibility index (Phi) is 5.21. The van der Waals surface area contributed by atoms with Crippen LogP contribution >= 0.6 is 0 Å². The van der Waals surface area contributed by atoms with Gasteiger partial charge in [0.05, 0.1) is 6.04 Å². The molecule has 5 heteroatoms. The highest BCUT2D eigenvalue weighted by Crippen LogP contribution is 2.33. The first-order valence-corrected chi connectivity index (χ1v) is 9.58. The van der Waals surface area contributed by atoms with Gasteiger partial charge in [0.1, 0.15) is 18.2 Å². The quantitative estimate of drug-likeness (QED) is 0.709. The lowest BCUT2D eigenvalue weighted by Gasteiger charge is -2.23. The van der Waals surface area contributed by atoms with Gasteiger partial charge in [-0.15, -0.1) is 0 Å². The average molecular weight is 362 g/mol. The molecule has 5 nitrogen and oxygen atoms in total. The highest BCUT2D eigenvalue weighted by molar-refractivity contribution is 5.34. The maximum atomic E-state index is 6.15. The Morgan fingerprint density at radius 1 is 1.11 bits per heavy atom. The smallest absolute Gasteiger partial charge is 0.167 e. The molecule has 0 radical (unpaired) electrons. The molecule has 1 aromatic heterocycles. The largest absolute Gasteiger partial charge is 0.489 e. The van der Waals surface area contributed by atoms with Gasteiger partial charge < -0.3 is 4.74 Å². The van der Waals surface area contributed by atoms with Crippen LogP contribution in [0, 0.1) is 13.8 Å². The van der Waals surface area contributed by atoms with Gasteiger partial charge >= 0.3 is 0 Å². The van der Waals surface area contributed by atoms with Crippen molar-refractivity contribution in [2.75, 3.05) is 6.54 Å². The SMILES string of the molecule is Cc1ccc(COc2ccccc2CN2CCCC2c2n[nH]c(C)n2)cc1. The Labute approximate surface area is 160 Å². The number of likely N-dealkylation sites (tertiary alicyclic amines) is 1. The van der Waals surface area contributed by atoms with Gasteiger partial charge in [-0.1, -0.05) is 48.0 Å². The van der Waals surface area contributed by atoms with Crippen molar-refractivity contribution < 1.29 is 4.74 Å². The lowest BCUT2D eigenvalue weighted by Crippen LogP contribution is -2.24. The standard InChI is InChI=1S/C22H26N4O/c1-16-9-11-18(12-10-16)15-27-21-8-4-3-6-19(21)14-26-13-5-7-20(26)22-23-17(2)24-25-22/h3-4,6,8-12,20H,5,7,13-15H2,1-2H3,(H,23,24,25). The van der Waals surface area contributed by atoms with Gasteiger partial charge in [-0.3, -0.25) is 10.00 Å². The second kappa shape index (κ2) is 7.92. The minimum Gasteiger partial charge on any atom is -0.489 e. The van der Waals surface area contributed by atoms with E-state index in [0.29, 0.717) is 6.61 Å². The number of para-hydroxylation sites is 1. The van der Waals surface area contributed by atoms with Crippen LogP contribution in [0.1, 0.15) is 47.2 Å². The fourth-order valence-corrected chi connectivity index (χ4v) is 3.66. The van der Waals surface area contributed by atoms with Crippen LogP contribution in [0.3, 0.4) is 0 Å². The third-order valence-electron chi connectivity index (χ3n) is 5.14. The molecule has 3 aromatic rings. The van der Waals surface area contributed by atoms with E-state index in [0.717, 1.165) is 36.9 Å². The van der Waals surface area contributed by atoms with Crippen LogP contribution in [0.5, 0.6) is 5.75 Å². The van der Waals surface area contributed by atoms with Gasteiger partial charge in [-0.25, -0.2) is 4.98 Å². The van der Waals surface area contributed by atoms with E-state index in [-0.39, 0.29) is 6.04 Å². The monoisotopic (exact) mass is 362 g/mol. The number of hydrogen-bond donors (Lipinski definition) is 1. The molecule has 0 amide bonds. The van der Waals surface area contributed by atoms with Crippen LogP contribution in [0.2, 0.25) is 0 Å². The van der Waals surface area contributed by atoms with Crippen molar-refractivity contribution >= 4 is 0 Å². The molecular weight excluding hydrogens is 336 g/mol. The predicted molar refractivity (Wildman–Crippen MR) is 105 cm³/mol. The van der Waals surface area contributed by atoms with Crippen molar-refractivity contribution in [3.63, 3.8) is 0 Å². The molecule has 1 unspecified atom stereocenters. The molecule has 1 N–H and O–H groups in total. The normalized spacial score (nSPS) is 17.3. The zero-order valence-corrected chi connectivity index (χ0v) is 16.0. The van der Waals surface area contributed by atoms with Gasteiger partial charge in [0.15, 0.2) is 5.82 Å². The molecule has 140 valence electrons. The molecule has 0 aliphatic carbocycles. The highest BCUT2D eigenvalue weighted by atomic mass is 16.5. The number of aromatic amines is 1. The zero-order valence-electron chi connectivity index (χ0n) is 16.0. The number of aromatic nitrogens is 3. The first-order chi connectivity index (χ1) is 13.2. The lowest BCUT2D eigenvalue weighted by atomic mass is 10.1. The number of nitrogens with one attached hydrogen (secondary N) is 1. The Balaban J connectivity index is 1.46. The molecule has 1 fully saturated rings. The zero-order chi connectivity index (χ0) is 18.6. The third-order valence-corrected chi connectivity index (χ3v) is 5.14. The third kappa shape index (κ3) is 4.19. The van der Waals surface area contributed by atoms with Crippen molar-refractivity contribution in [1.29, 1.82) is 0 Å². The van der Waals surface area contributed by atoms with Crippen LogP contribution < -0.4 is 4.74 Å². The van der Waals surface area contributed by atoms with Crippen molar-refractivity contribution in [1.82, 2.24) is 20.1 Å². The Morgan fingerprint density at radius 2 is 1.93 bits per heavy atom. The van der Waals surface area contributed by atoms with Gasteiger partial charge in [-0.05, 0) is 44.9 Å². The summed E-state index contributed by atoms with van der Waals surface area (Å²) in [4.78, 5) is 7.01. The Bertz CT molecular complexity index is 887. The van der Waals surface area contributed by atoms with E-state index in [1.165, 1.54) is 23.1 Å². The molecule has 2 aromatic carbocycles. The van der Waals surface area contributed by atoms with E-state index in [2.05, 4.69) is 69.5 Å². The molecule has 1 aliphatic rings. The maximum Gasteiger partial charge on any atom is 0.167 e. The predicted octanol–water partition coefficient (Wildman–Crippen LogP) is 4.34. The van der Waals surface area contributed by atoms with E-state index >= 15 is 0 Å². The molecule has 1 atom stereocenters. The van der Waals surface area contributed by atoms with Gasteiger partial charge in [0.25, 0.3) is 0 Å². The number of rotatable bonds is 6. The maximum absolute atomic E-state index is 6.15. The van der Waals surface area contributed by atoms with Crippen LogP contribution in [0.25, 0.3) is 0 Å². The number of benzene rings is 2. The van der Waals surface area contributed by atoms with Crippen LogP contribution in [-0.2, 0) is 13.2 Å². The minimum atomic E-state index is 0.278. The van der Waals surface area contributed by atoms with Crippen LogP contribution in [0.4, 0.5) is 0 Å². The molecule has 1 aliphatic heterocycles. The minimum absolute atomic E-state index is 0.278. The highest BCUT2D eigenvalue weighted by Gasteiger charge is 2.29. The fraction of sp³-hybridized carbons (Fsp3) is 0.364. The second-order valence-electron chi connectivity index (χ2n) is 7.29. The van der Waals surface area contributed by atoms with Crippen molar-refractivity contribution in [3.8, 4) is 5.75 Å². The number of aryl methyl sites for hydroxylation is 2. The van der Waals surface area contributed by atoms with Crippen LogP contribution in [0.15, 0.2) is 48.5 Å². The fourth-order valence-electron chi connectivity index (χ4n) is 3.66. The summed E-state index contributed by atoms with van der Waals surface area (Å²) in [7, 11) is 0.